The summed E-state index contributed by atoms with van der Waals surface area (Å²) in [5.41, 5.74) is 2.55. The maximum atomic E-state index is 5.59. The molecule has 0 saturated heterocycles. The highest BCUT2D eigenvalue weighted by Crippen LogP contribution is 2.26. The van der Waals surface area contributed by atoms with Crippen molar-refractivity contribution >= 4 is 17.7 Å². The van der Waals surface area contributed by atoms with Crippen LogP contribution in [0.1, 0.15) is 17.5 Å². The van der Waals surface area contributed by atoms with E-state index in [4.69, 9.17) is 16.3 Å². The molecule has 1 aliphatic heterocycles. The van der Waals surface area contributed by atoms with Crippen LogP contribution >= 0.6 is 11.6 Å². The third kappa shape index (κ3) is 2.10. The molecule has 0 fully saturated rings. The second-order valence-electron chi connectivity index (χ2n) is 3.35. The first-order valence-corrected chi connectivity index (χ1v) is 5.42. The third-order valence-electron chi connectivity index (χ3n) is 2.30. The highest BCUT2D eigenvalue weighted by molar-refractivity contribution is 6.17. The summed E-state index contributed by atoms with van der Waals surface area (Å²) in [6.45, 7) is 0.824. The number of hydrogen-bond donors (Lipinski definition) is 0. The quantitative estimate of drug-likeness (QED) is 0.693. The molecule has 74 valence electrons. The van der Waals surface area contributed by atoms with E-state index in [1.165, 1.54) is 11.1 Å². The van der Waals surface area contributed by atoms with Gasteiger partial charge in [0.2, 0.25) is 0 Å². The molecule has 0 spiro atoms. The molecule has 1 heterocycles. The third-order valence-corrected chi connectivity index (χ3v) is 2.52. The van der Waals surface area contributed by atoms with Gasteiger partial charge < -0.3 is 4.74 Å². The monoisotopic (exact) mass is 208 g/mol. The minimum atomic E-state index is 0.685. The smallest absolute Gasteiger partial charge is 0.122 e. The van der Waals surface area contributed by atoms with E-state index in [9.17, 15) is 0 Å². The number of fused-ring (bicyclic) bond motifs is 1. The standard InChI is InChI=1S/C12H13ClO/c13-7-2-1-3-10-4-5-12-11(9-10)6-8-14-12/h1,3-5,9H,2,6-8H2. The van der Waals surface area contributed by atoms with Gasteiger partial charge in [-0.2, -0.15) is 0 Å². The topological polar surface area (TPSA) is 9.23 Å². The van der Waals surface area contributed by atoms with Crippen molar-refractivity contribution in [3.05, 3.63) is 35.4 Å². The fourth-order valence-corrected chi connectivity index (χ4v) is 1.72. The van der Waals surface area contributed by atoms with Crippen molar-refractivity contribution in [1.82, 2.24) is 0 Å². The van der Waals surface area contributed by atoms with Gasteiger partial charge in [0.25, 0.3) is 0 Å². The lowest BCUT2D eigenvalue weighted by molar-refractivity contribution is 0.357. The van der Waals surface area contributed by atoms with Gasteiger partial charge in [0.05, 0.1) is 6.61 Å². The summed E-state index contributed by atoms with van der Waals surface area (Å²) in [7, 11) is 0. The van der Waals surface area contributed by atoms with Crippen molar-refractivity contribution in [2.75, 3.05) is 12.5 Å². The molecule has 0 bridgehead atoms. The summed E-state index contributed by atoms with van der Waals surface area (Å²) in [5, 5.41) is 0. The second kappa shape index (κ2) is 4.52. The molecular weight excluding hydrogens is 196 g/mol. The highest BCUT2D eigenvalue weighted by Gasteiger charge is 2.10. The molecule has 0 unspecified atom stereocenters. The minimum absolute atomic E-state index is 0.685. The Labute approximate surface area is 89.3 Å². The molecule has 0 N–H and O–H groups in total. The van der Waals surface area contributed by atoms with E-state index < -0.39 is 0 Å². The van der Waals surface area contributed by atoms with Crippen molar-refractivity contribution in [1.29, 1.82) is 0 Å². The molecule has 1 aliphatic rings. The molecule has 1 nitrogen and oxygen atoms in total. The fraction of sp³-hybridized carbons (Fsp3) is 0.333. The van der Waals surface area contributed by atoms with Crippen molar-refractivity contribution in [3.8, 4) is 5.75 Å². The van der Waals surface area contributed by atoms with Crippen LogP contribution in [0, 0.1) is 0 Å². The Bertz CT molecular complexity index is 344. The van der Waals surface area contributed by atoms with Crippen LogP contribution in [0.25, 0.3) is 6.08 Å². The largest absolute Gasteiger partial charge is 0.493 e. The van der Waals surface area contributed by atoms with Crippen molar-refractivity contribution in [3.63, 3.8) is 0 Å². The predicted molar refractivity (Wildman–Crippen MR) is 60.0 cm³/mol. The van der Waals surface area contributed by atoms with Gasteiger partial charge in [-0.05, 0) is 29.7 Å². The van der Waals surface area contributed by atoms with Gasteiger partial charge in [0.1, 0.15) is 5.75 Å². The van der Waals surface area contributed by atoms with Crippen LogP contribution in [0.5, 0.6) is 5.75 Å². The first-order valence-electron chi connectivity index (χ1n) is 4.88. The van der Waals surface area contributed by atoms with E-state index in [-0.39, 0.29) is 0 Å². The minimum Gasteiger partial charge on any atom is -0.493 e. The molecule has 0 radical (unpaired) electrons. The van der Waals surface area contributed by atoms with E-state index in [2.05, 4.69) is 24.3 Å². The lowest BCUT2D eigenvalue weighted by atomic mass is 10.1. The maximum absolute atomic E-state index is 5.59. The van der Waals surface area contributed by atoms with E-state index in [1.54, 1.807) is 0 Å². The molecule has 2 rings (SSSR count). The Morgan fingerprint density at radius 3 is 3.21 bits per heavy atom. The first-order chi connectivity index (χ1) is 6.90. The van der Waals surface area contributed by atoms with Gasteiger partial charge in [-0.1, -0.05) is 18.2 Å². The molecule has 0 atom stereocenters. The van der Waals surface area contributed by atoms with Gasteiger partial charge >= 0.3 is 0 Å². The first kappa shape index (κ1) is 9.60. The molecule has 0 aromatic heterocycles. The van der Waals surface area contributed by atoms with Crippen LogP contribution in [-0.4, -0.2) is 12.5 Å². The highest BCUT2D eigenvalue weighted by atomic mass is 35.5. The zero-order valence-corrected chi connectivity index (χ0v) is 8.76. The molecule has 0 aliphatic carbocycles. The van der Waals surface area contributed by atoms with Crippen LogP contribution in [0.15, 0.2) is 24.3 Å². The lowest BCUT2D eigenvalue weighted by Crippen LogP contribution is -1.85. The Morgan fingerprint density at radius 2 is 2.36 bits per heavy atom. The normalized spacial score (nSPS) is 14.4. The number of ether oxygens (including phenoxy) is 1. The summed E-state index contributed by atoms with van der Waals surface area (Å²) in [6, 6.07) is 6.31. The number of halogens is 1. The summed E-state index contributed by atoms with van der Waals surface area (Å²) < 4.78 is 5.43. The maximum Gasteiger partial charge on any atom is 0.122 e. The van der Waals surface area contributed by atoms with Gasteiger partial charge in [0, 0.05) is 12.3 Å². The summed E-state index contributed by atoms with van der Waals surface area (Å²) in [5.74, 6) is 1.73. The SMILES string of the molecule is ClCCC=Cc1ccc2c(c1)CCO2. The number of allylic oxidation sites excluding steroid dienone is 1. The van der Waals surface area contributed by atoms with E-state index in [0.717, 1.165) is 25.2 Å². The molecule has 1 aromatic rings. The molecule has 1 aromatic carbocycles. The fourth-order valence-electron chi connectivity index (χ4n) is 1.59. The van der Waals surface area contributed by atoms with Crippen LogP contribution in [-0.2, 0) is 6.42 Å². The van der Waals surface area contributed by atoms with Crippen LogP contribution in [0.3, 0.4) is 0 Å². The van der Waals surface area contributed by atoms with E-state index in [1.807, 2.05) is 6.07 Å². The number of alkyl halides is 1. The number of rotatable bonds is 3. The Hall–Kier alpha value is -0.950. The average molecular weight is 209 g/mol. The number of hydrogen-bond acceptors (Lipinski definition) is 1. The molecule has 14 heavy (non-hydrogen) atoms. The van der Waals surface area contributed by atoms with Crippen LogP contribution in [0.4, 0.5) is 0 Å². The van der Waals surface area contributed by atoms with Gasteiger partial charge in [-0.15, -0.1) is 11.6 Å². The Balaban J connectivity index is 2.12. The molecule has 2 heteroatoms. The van der Waals surface area contributed by atoms with Crippen molar-refractivity contribution in [2.24, 2.45) is 0 Å². The van der Waals surface area contributed by atoms with Gasteiger partial charge in [0.15, 0.2) is 0 Å². The van der Waals surface area contributed by atoms with Crippen LogP contribution < -0.4 is 4.74 Å². The van der Waals surface area contributed by atoms with Gasteiger partial charge in [-0.25, -0.2) is 0 Å². The van der Waals surface area contributed by atoms with Crippen LogP contribution in [0.2, 0.25) is 0 Å². The summed E-state index contributed by atoms with van der Waals surface area (Å²) in [4.78, 5) is 0. The predicted octanol–water partition coefficient (Wildman–Crippen LogP) is 3.26. The molecule has 0 amide bonds. The van der Waals surface area contributed by atoms with E-state index >= 15 is 0 Å². The molecule has 0 saturated carbocycles. The summed E-state index contributed by atoms with van der Waals surface area (Å²) >= 11 is 5.59. The summed E-state index contributed by atoms with van der Waals surface area (Å²) in [6.07, 6.45) is 6.17. The number of benzene rings is 1. The van der Waals surface area contributed by atoms with E-state index in [0.29, 0.717) is 5.88 Å². The Kier molecular flexibility index (Phi) is 3.10. The zero-order valence-electron chi connectivity index (χ0n) is 8.00. The lowest BCUT2D eigenvalue weighted by Gasteiger charge is -1.99. The van der Waals surface area contributed by atoms with Crippen molar-refractivity contribution in [2.45, 2.75) is 12.8 Å². The van der Waals surface area contributed by atoms with Gasteiger partial charge in [-0.3, -0.25) is 0 Å². The average Bonchev–Trinajstić information content (AvgIpc) is 2.65. The Morgan fingerprint density at radius 1 is 1.43 bits per heavy atom. The van der Waals surface area contributed by atoms with Crippen molar-refractivity contribution < 1.29 is 4.74 Å². The second-order valence-corrected chi connectivity index (χ2v) is 3.72. The molecular formula is C12H13ClO. The zero-order chi connectivity index (χ0) is 9.80.